The summed E-state index contributed by atoms with van der Waals surface area (Å²) in [5, 5.41) is 0. The molecule has 2 nitrogen and oxygen atoms in total. The molecule has 76 valence electrons. The molecule has 1 fully saturated rings. The molecule has 0 N–H and O–H groups in total. The van der Waals surface area contributed by atoms with Crippen LogP contribution in [0, 0.1) is 0 Å². The van der Waals surface area contributed by atoms with E-state index in [1.165, 1.54) is 0 Å². The summed E-state index contributed by atoms with van der Waals surface area (Å²) in [7, 11) is 0. The molecule has 1 unspecified atom stereocenters. The van der Waals surface area contributed by atoms with Crippen LogP contribution in [0.2, 0.25) is 0 Å². The van der Waals surface area contributed by atoms with E-state index in [0.29, 0.717) is 6.61 Å². The Morgan fingerprint density at radius 3 is 2.36 bits per heavy atom. The number of benzene rings is 1. The molecule has 1 aromatic carbocycles. The lowest BCUT2D eigenvalue weighted by atomic mass is 10.3. The Kier molecular flexibility index (Phi) is 3.52. The molecule has 0 aliphatic carbocycles. The van der Waals surface area contributed by atoms with Crippen molar-refractivity contribution in [3.8, 4) is 5.75 Å². The van der Waals surface area contributed by atoms with Crippen LogP contribution in [-0.4, -0.2) is 19.3 Å². The van der Waals surface area contributed by atoms with Gasteiger partial charge in [-0.2, -0.15) is 0 Å². The molecule has 2 rings (SSSR count). The predicted molar refractivity (Wildman–Crippen MR) is 64.8 cm³/mol. The van der Waals surface area contributed by atoms with Crippen LogP contribution in [0.5, 0.6) is 5.75 Å². The number of hydrogen-bond acceptors (Lipinski definition) is 2. The second-order valence-electron chi connectivity index (χ2n) is 2.97. The maximum absolute atomic E-state index is 5.54. The van der Waals surface area contributed by atoms with E-state index in [-0.39, 0.29) is 6.10 Å². The van der Waals surface area contributed by atoms with Gasteiger partial charge in [-0.05, 0) is 59.9 Å². The van der Waals surface area contributed by atoms with Gasteiger partial charge >= 0.3 is 0 Å². The molecule has 1 heterocycles. The van der Waals surface area contributed by atoms with Crippen LogP contribution in [0.15, 0.2) is 25.6 Å². The fourth-order valence-electron chi connectivity index (χ4n) is 0.969. The van der Waals surface area contributed by atoms with Gasteiger partial charge in [-0.1, -0.05) is 0 Å². The SMILES string of the molecule is Brc1cc(OCC2CO2)cc(Br)c1Br. The summed E-state index contributed by atoms with van der Waals surface area (Å²) in [5.74, 6) is 0.836. The standard InChI is InChI=1S/C9H7Br3O2/c10-7-1-5(2-8(11)9(7)12)13-3-6-4-14-6/h1-2,6H,3-4H2. The number of epoxide rings is 1. The van der Waals surface area contributed by atoms with Crippen LogP contribution in [0.3, 0.4) is 0 Å². The first-order chi connectivity index (χ1) is 6.66. The van der Waals surface area contributed by atoms with Gasteiger partial charge in [0, 0.05) is 13.4 Å². The van der Waals surface area contributed by atoms with Crippen LogP contribution in [0.25, 0.3) is 0 Å². The summed E-state index contributed by atoms with van der Waals surface area (Å²) < 4.78 is 13.5. The van der Waals surface area contributed by atoms with Crippen molar-refractivity contribution in [2.75, 3.05) is 13.2 Å². The van der Waals surface area contributed by atoms with Gasteiger partial charge in [0.25, 0.3) is 0 Å². The highest BCUT2D eigenvalue weighted by Crippen LogP contribution is 2.35. The minimum Gasteiger partial charge on any atom is -0.491 e. The number of rotatable bonds is 3. The van der Waals surface area contributed by atoms with Crippen molar-refractivity contribution in [3.63, 3.8) is 0 Å². The lowest BCUT2D eigenvalue weighted by Crippen LogP contribution is -2.03. The average Bonchev–Trinajstić information content (AvgIpc) is 2.94. The zero-order valence-electron chi connectivity index (χ0n) is 7.10. The van der Waals surface area contributed by atoms with E-state index in [2.05, 4.69) is 47.8 Å². The van der Waals surface area contributed by atoms with E-state index in [4.69, 9.17) is 9.47 Å². The normalized spacial score (nSPS) is 19.5. The number of halogens is 3. The largest absolute Gasteiger partial charge is 0.491 e. The third-order valence-corrected chi connectivity index (χ3v) is 4.96. The molecular weight excluding hydrogens is 380 g/mol. The zero-order chi connectivity index (χ0) is 10.1. The highest BCUT2D eigenvalue weighted by Gasteiger charge is 2.23. The van der Waals surface area contributed by atoms with Crippen molar-refractivity contribution in [2.45, 2.75) is 6.10 Å². The van der Waals surface area contributed by atoms with Gasteiger partial charge < -0.3 is 9.47 Å². The molecule has 0 amide bonds. The molecule has 0 spiro atoms. The van der Waals surface area contributed by atoms with Crippen LogP contribution in [0.4, 0.5) is 0 Å². The summed E-state index contributed by atoms with van der Waals surface area (Å²) in [6.45, 7) is 1.44. The van der Waals surface area contributed by atoms with Gasteiger partial charge in [-0.3, -0.25) is 0 Å². The number of hydrogen-bond donors (Lipinski definition) is 0. The van der Waals surface area contributed by atoms with E-state index in [1.54, 1.807) is 0 Å². The van der Waals surface area contributed by atoms with Crippen molar-refractivity contribution < 1.29 is 9.47 Å². The topological polar surface area (TPSA) is 21.8 Å². The van der Waals surface area contributed by atoms with Crippen molar-refractivity contribution in [1.82, 2.24) is 0 Å². The first-order valence-corrected chi connectivity index (χ1v) is 6.43. The first kappa shape index (κ1) is 10.9. The minimum absolute atomic E-state index is 0.288. The molecule has 0 bridgehead atoms. The molecular formula is C9H7Br3O2. The Bertz CT molecular complexity index is 327. The molecule has 1 aliphatic rings. The van der Waals surface area contributed by atoms with Crippen molar-refractivity contribution in [2.24, 2.45) is 0 Å². The van der Waals surface area contributed by atoms with Crippen LogP contribution < -0.4 is 4.74 Å². The minimum atomic E-state index is 0.288. The summed E-state index contributed by atoms with van der Waals surface area (Å²) in [5.41, 5.74) is 0. The molecule has 1 aliphatic heterocycles. The Hall–Kier alpha value is 0.420. The van der Waals surface area contributed by atoms with E-state index in [0.717, 1.165) is 25.8 Å². The molecule has 1 saturated heterocycles. The number of ether oxygens (including phenoxy) is 2. The van der Waals surface area contributed by atoms with Gasteiger partial charge in [0.15, 0.2) is 0 Å². The smallest absolute Gasteiger partial charge is 0.121 e. The zero-order valence-corrected chi connectivity index (χ0v) is 11.9. The molecule has 5 heteroatoms. The van der Waals surface area contributed by atoms with Gasteiger partial charge in [0.05, 0.1) is 6.61 Å². The molecule has 14 heavy (non-hydrogen) atoms. The summed E-state index contributed by atoms with van der Waals surface area (Å²) >= 11 is 10.3. The Labute approximate surface area is 107 Å². The van der Waals surface area contributed by atoms with Gasteiger partial charge in [-0.15, -0.1) is 0 Å². The third-order valence-electron chi connectivity index (χ3n) is 1.80. The van der Waals surface area contributed by atoms with Gasteiger partial charge in [0.2, 0.25) is 0 Å². The van der Waals surface area contributed by atoms with E-state index in [1.807, 2.05) is 12.1 Å². The second-order valence-corrected chi connectivity index (χ2v) is 5.47. The molecule has 1 atom stereocenters. The Balaban J connectivity index is 2.08. The molecule has 0 saturated carbocycles. The summed E-state index contributed by atoms with van der Waals surface area (Å²) in [6.07, 6.45) is 0.288. The Morgan fingerprint density at radius 2 is 1.86 bits per heavy atom. The summed E-state index contributed by atoms with van der Waals surface area (Å²) in [6, 6.07) is 3.86. The highest BCUT2D eigenvalue weighted by atomic mass is 79.9. The highest BCUT2D eigenvalue weighted by molar-refractivity contribution is 9.14. The monoisotopic (exact) mass is 384 g/mol. The third kappa shape index (κ3) is 2.72. The molecule has 1 aromatic rings. The van der Waals surface area contributed by atoms with Crippen molar-refractivity contribution >= 4 is 47.8 Å². The maximum atomic E-state index is 5.54. The van der Waals surface area contributed by atoms with Crippen LogP contribution >= 0.6 is 47.8 Å². The fourth-order valence-corrected chi connectivity index (χ4v) is 2.34. The van der Waals surface area contributed by atoms with Gasteiger partial charge in [0.1, 0.15) is 18.5 Å². The van der Waals surface area contributed by atoms with Crippen molar-refractivity contribution in [3.05, 3.63) is 25.6 Å². The van der Waals surface area contributed by atoms with E-state index < -0.39 is 0 Å². The molecule has 0 aromatic heterocycles. The van der Waals surface area contributed by atoms with Crippen LogP contribution in [0.1, 0.15) is 0 Å². The first-order valence-electron chi connectivity index (χ1n) is 4.06. The predicted octanol–water partition coefficient (Wildman–Crippen LogP) is 3.75. The molecule has 0 radical (unpaired) electrons. The van der Waals surface area contributed by atoms with E-state index >= 15 is 0 Å². The van der Waals surface area contributed by atoms with Crippen LogP contribution in [-0.2, 0) is 4.74 Å². The average molecular weight is 387 g/mol. The summed E-state index contributed by atoms with van der Waals surface area (Å²) in [4.78, 5) is 0. The lowest BCUT2D eigenvalue weighted by molar-refractivity contribution is 0.263. The van der Waals surface area contributed by atoms with Gasteiger partial charge in [-0.25, -0.2) is 0 Å². The second kappa shape index (κ2) is 4.51. The van der Waals surface area contributed by atoms with E-state index in [9.17, 15) is 0 Å². The van der Waals surface area contributed by atoms with Crippen molar-refractivity contribution in [1.29, 1.82) is 0 Å². The lowest BCUT2D eigenvalue weighted by Gasteiger charge is -2.07. The Morgan fingerprint density at radius 1 is 1.29 bits per heavy atom. The quantitative estimate of drug-likeness (QED) is 0.583. The maximum Gasteiger partial charge on any atom is 0.121 e. The fraction of sp³-hybridized carbons (Fsp3) is 0.333.